The van der Waals surface area contributed by atoms with Crippen molar-refractivity contribution in [2.24, 2.45) is 0 Å². The number of nitrogen functional groups attached to an aromatic ring is 1. The van der Waals surface area contributed by atoms with Crippen LogP contribution < -0.4 is 11.1 Å². The van der Waals surface area contributed by atoms with E-state index in [1.165, 1.54) is 12.1 Å². The molecule has 0 atom stereocenters. The summed E-state index contributed by atoms with van der Waals surface area (Å²) in [7, 11) is -3.91. The van der Waals surface area contributed by atoms with E-state index in [2.05, 4.69) is 10.3 Å². The quantitative estimate of drug-likeness (QED) is 0.803. The van der Waals surface area contributed by atoms with Crippen LogP contribution in [0.1, 0.15) is 13.8 Å². The number of amides is 1. The molecule has 1 aromatic heterocycles. The topological polar surface area (TPSA) is 115 Å². The molecule has 1 aromatic carbocycles. The number of nitrogens with one attached hydrogen (secondary N) is 1. The second-order valence-electron chi connectivity index (χ2n) is 4.69. The van der Waals surface area contributed by atoms with Crippen molar-refractivity contribution in [3.05, 3.63) is 18.2 Å². The highest BCUT2D eigenvalue weighted by atomic mass is 32.2. The molecule has 8 heteroatoms. The molecule has 0 fully saturated rings. The van der Waals surface area contributed by atoms with Gasteiger partial charge >= 0.3 is 5.22 Å². The van der Waals surface area contributed by atoms with Crippen LogP contribution in [0.5, 0.6) is 0 Å². The Kier molecular flexibility index (Phi) is 3.67. The normalized spacial score (nSPS) is 11.9. The van der Waals surface area contributed by atoms with Gasteiger partial charge in [-0.2, -0.15) is 4.98 Å². The fraction of sp³-hybridized carbons (Fsp3) is 0.333. The monoisotopic (exact) mass is 297 g/mol. The molecule has 108 valence electrons. The smallest absolute Gasteiger partial charge is 0.316 e. The third-order valence-electron chi connectivity index (χ3n) is 2.43. The molecular formula is C12H15N3O4S. The number of benzene rings is 1. The average Bonchev–Trinajstić information content (AvgIpc) is 2.70. The minimum absolute atomic E-state index is 0.138. The number of rotatable bonds is 4. The number of anilines is 1. The van der Waals surface area contributed by atoms with E-state index in [1.807, 2.05) is 0 Å². The van der Waals surface area contributed by atoms with Crippen LogP contribution in [0, 0.1) is 0 Å². The molecule has 7 nitrogen and oxygen atoms in total. The molecule has 1 amide bonds. The maximum Gasteiger partial charge on any atom is 0.316 e. The summed E-state index contributed by atoms with van der Waals surface area (Å²) in [4.78, 5) is 15.4. The first-order chi connectivity index (χ1) is 9.28. The Labute approximate surface area is 116 Å². The van der Waals surface area contributed by atoms with Gasteiger partial charge in [-0.3, -0.25) is 4.79 Å². The summed E-state index contributed by atoms with van der Waals surface area (Å²) in [5, 5.41) is 2.03. The van der Waals surface area contributed by atoms with E-state index in [9.17, 15) is 13.2 Å². The number of carbonyl (C=O) groups is 1. The van der Waals surface area contributed by atoms with Crippen LogP contribution in [0.15, 0.2) is 27.8 Å². The number of hydrogen-bond donors (Lipinski definition) is 2. The summed E-state index contributed by atoms with van der Waals surface area (Å²) < 4.78 is 29.2. The molecule has 0 aliphatic rings. The van der Waals surface area contributed by atoms with Crippen LogP contribution in [0.2, 0.25) is 0 Å². The molecule has 0 bridgehead atoms. The lowest BCUT2D eigenvalue weighted by Gasteiger charge is -2.06. The van der Waals surface area contributed by atoms with Gasteiger partial charge in [-0.15, -0.1) is 0 Å². The Balaban J connectivity index is 2.30. The Hall–Kier alpha value is -2.09. The van der Waals surface area contributed by atoms with Gasteiger partial charge in [0.05, 0.1) is 0 Å². The van der Waals surface area contributed by atoms with Crippen LogP contribution in [0.4, 0.5) is 5.69 Å². The Bertz CT molecular complexity index is 749. The van der Waals surface area contributed by atoms with Crippen LogP contribution in [0.25, 0.3) is 11.1 Å². The zero-order valence-electron chi connectivity index (χ0n) is 11.1. The number of nitrogens with two attached hydrogens (primary N) is 1. The molecule has 0 radical (unpaired) electrons. The van der Waals surface area contributed by atoms with Crippen LogP contribution >= 0.6 is 0 Å². The first-order valence-corrected chi connectivity index (χ1v) is 7.61. The van der Waals surface area contributed by atoms with E-state index in [-0.39, 0.29) is 6.04 Å². The summed E-state index contributed by atoms with van der Waals surface area (Å²) >= 11 is 0. The van der Waals surface area contributed by atoms with Crippen molar-refractivity contribution in [1.82, 2.24) is 10.3 Å². The maximum absolute atomic E-state index is 12.0. The average molecular weight is 297 g/mol. The third-order valence-corrected chi connectivity index (χ3v) is 3.78. The Morgan fingerprint density at radius 1 is 1.45 bits per heavy atom. The number of carbonyl (C=O) groups excluding carboxylic acids is 1. The van der Waals surface area contributed by atoms with E-state index >= 15 is 0 Å². The standard InChI is InChI=1S/C12H15N3O4S/c1-7(2)14-11(16)6-20(17,18)12-15-9-5-8(13)3-4-10(9)19-12/h3-5,7H,6,13H2,1-2H3,(H,14,16). The maximum atomic E-state index is 12.0. The molecule has 20 heavy (non-hydrogen) atoms. The van der Waals surface area contributed by atoms with Gasteiger partial charge in [0, 0.05) is 11.7 Å². The molecule has 3 N–H and O–H groups in total. The van der Waals surface area contributed by atoms with E-state index < -0.39 is 26.7 Å². The van der Waals surface area contributed by atoms with Gasteiger partial charge in [-0.1, -0.05) is 0 Å². The van der Waals surface area contributed by atoms with E-state index in [4.69, 9.17) is 10.2 Å². The minimum atomic E-state index is -3.91. The predicted molar refractivity (Wildman–Crippen MR) is 73.8 cm³/mol. The van der Waals surface area contributed by atoms with Gasteiger partial charge in [0.25, 0.3) is 0 Å². The molecule has 2 rings (SSSR count). The largest absolute Gasteiger partial charge is 0.428 e. The van der Waals surface area contributed by atoms with Gasteiger partial charge in [0.15, 0.2) is 5.58 Å². The summed E-state index contributed by atoms with van der Waals surface area (Å²) in [6.07, 6.45) is 0. The fourth-order valence-electron chi connectivity index (χ4n) is 1.65. The lowest BCUT2D eigenvalue weighted by Crippen LogP contribution is -2.35. The van der Waals surface area contributed by atoms with Gasteiger partial charge in [-0.25, -0.2) is 8.42 Å². The van der Waals surface area contributed by atoms with Crippen molar-refractivity contribution in [1.29, 1.82) is 0 Å². The van der Waals surface area contributed by atoms with Crippen molar-refractivity contribution < 1.29 is 17.6 Å². The second-order valence-corrected chi connectivity index (χ2v) is 6.56. The summed E-state index contributed by atoms with van der Waals surface area (Å²) in [6, 6.07) is 4.48. The molecule has 0 spiro atoms. The molecular weight excluding hydrogens is 282 g/mol. The van der Waals surface area contributed by atoms with Crippen LogP contribution in [-0.2, 0) is 14.6 Å². The summed E-state index contributed by atoms with van der Waals surface area (Å²) in [5.41, 5.74) is 6.68. The highest BCUT2D eigenvalue weighted by Gasteiger charge is 2.25. The number of sulfone groups is 1. The predicted octanol–water partition coefficient (Wildman–Crippen LogP) is 0.708. The third kappa shape index (κ3) is 3.08. The van der Waals surface area contributed by atoms with E-state index in [0.717, 1.165) is 0 Å². The van der Waals surface area contributed by atoms with Crippen molar-refractivity contribution in [3.63, 3.8) is 0 Å². The van der Waals surface area contributed by atoms with Crippen molar-refractivity contribution in [3.8, 4) is 0 Å². The molecule has 2 aromatic rings. The lowest BCUT2D eigenvalue weighted by molar-refractivity contribution is -0.119. The van der Waals surface area contributed by atoms with Crippen molar-refractivity contribution in [2.75, 3.05) is 11.5 Å². The van der Waals surface area contributed by atoms with Gasteiger partial charge in [0.1, 0.15) is 11.3 Å². The molecule has 0 aliphatic carbocycles. The molecule has 0 saturated heterocycles. The molecule has 0 saturated carbocycles. The van der Waals surface area contributed by atoms with E-state index in [1.54, 1.807) is 19.9 Å². The van der Waals surface area contributed by atoms with Crippen molar-refractivity contribution >= 4 is 32.5 Å². The molecule has 1 heterocycles. The lowest BCUT2D eigenvalue weighted by atomic mass is 10.3. The van der Waals surface area contributed by atoms with Crippen LogP contribution in [0.3, 0.4) is 0 Å². The summed E-state index contributed by atoms with van der Waals surface area (Å²) in [5.74, 6) is -1.30. The van der Waals surface area contributed by atoms with E-state index in [0.29, 0.717) is 16.8 Å². The number of hydrogen-bond acceptors (Lipinski definition) is 6. The first-order valence-electron chi connectivity index (χ1n) is 5.96. The fourth-order valence-corrected chi connectivity index (χ4v) is 2.66. The number of oxazole rings is 1. The zero-order valence-corrected chi connectivity index (χ0v) is 11.9. The molecule has 0 aliphatic heterocycles. The first kappa shape index (κ1) is 14.3. The number of fused-ring (bicyclic) bond motifs is 1. The van der Waals surface area contributed by atoms with Gasteiger partial charge in [0.2, 0.25) is 15.7 Å². The SMILES string of the molecule is CC(C)NC(=O)CS(=O)(=O)c1nc2cc(N)ccc2o1. The highest BCUT2D eigenvalue weighted by molar-refractivity contribution is 7.91. The Morgan fingerprint density at radius 3 is 2.80 bits per heavy atom. The number of nitrogens with zero attached hydrogens (tertiary/aromatic N) is 1. The Morgan fingerprint density at radius 2 is 2.15 bits per heavy atom. The highest BCUT2D eigenvalue weighted by Crippen LogP contribution is 2.21. The number of aromatic nitrogens is 1. The van der Waals surface area contributed by atoms with Gasteiger partial charge in [-0.05, 0) is 32.0 Å². The second kappa shape index (κ2) is 5.12. The molecule has 0 unspecified atom stereocenters. The van der Waals surface area contributed by atoms with Crippen molar-refractivity contribution in [2.45, 2.75) is 25.1 Å². The zero-order chi connectivity index (χ0) is 14.9. The van der Waals surface area contributed by atoms with Gasteiger partial charge < -0.3 is 15.5 Å². The summed E-state index contributed by atoms with van der Waals surface area (Å²) in [6.45, 7) is 3.49. The van der Waals surface area contributed by atoms with Crippen LogP contribution in [-0.4, -0.2) is 31.1 Å². The minimum Gasteiger partial charge on any atom is -0.428 e.